The molecule has 30 heavy (non-hydrogen) atoms. The lowest BCUT2D eigenvalue weighted by molar-refractivity contribution is -0.696. The molecule has 1 aromatic heterocycles. The SMILES string of the molecule is C=C/C=C\C(C)=[N+](\O)C(=O)Nc1cc2cn(C3CCC(O)CC3)nc2cc1OCC. The fourth-order valence-electron chi connectivity index (χ4n) is 3.56. The Morgan fingerprint density at radius 1 is 1.40 bits per heavy atom. The molecular formula is C22H29N4O4+. The van der Waals surface area contributed by atoms with E-state index in [1.165, 1.54) is 0 Å². The van der Waals surface area contributed by atoms with Gasteiger partial charge in [-0.25, -0.2) is 0 Å². The molecule has 0 bridgehead atoms. The van der Waals surface area contributed by atoms with Crippen LogP contribution in [0.4, 0.5) is 10.5 Å². The van der Waals surface area contributed by atoms with Crippen molar-refractivity contribution in [3.05, 3.63) is 43.1 Å². The molecule has 0 aliphatic heterocycles. The third-order valence-corrected chi connectivity index (χ3v) is 5.21. The highest BCUT2D eigenvalue weighted by molar-refractivity contribution is 5.97. The van der Waals surface area contributed by atoms with Crippen molar-refractivity contribution in [2.75, 3.05) is 11.9 Å². The van der Waals surface area contributed by atoms with Gasteiger partial charge in [0.1, 0.15) is 0 Å². The van der Waals surface area contributed by atoms with Gasteiger partial charge in [0.25, 0.3) is 0 Å². The third-order valence-electron chi connectivity index (χ3n) is 5.21. The van der Waals surface area contributed by atoms with Crippen LogP contribution in [0.15, 0.2) is 43.1 Å². The van der Waals surface area contributed by atoms with Gasteiger partial charge in [-0.05, 0) is 49.5 Å². The smallest absolute Gasteiger partial charge is 0.489 e. The molecule has 1 heterocycles. The standard InChI is InChI=1S/C22H28N4O4/c1-4-6-7-15(3)26(29)22(28)23-20-12-16-14-25(17-8-10-18(27)11-9-17)24-19(16)13-21(20)30-5-2/h4,6-7,12-14,17-18,27H,1,5,8-11H2,2-3H3,(H-,23,28,29)/p+1/b7-6-,26-15+. The van der Waals surface area contributed by atoms with Gasteiger partial charge in [0.15, 0.2) is 17.1 Å². The number of carbonyl (C=O) groups excluding carboxylic acids is 1. The molecule has 0 saturated heterocycles. The first-order valence-corrected chi connectivity index (χ1v) is 10.2. The molecule has 3 rings (SSSR count). The minimum atomic E-state index is -0.699. The van der Waals surface area contributed by atoms with Crippen LogP contribution in [0.25, 0.3) is 10.9 Å². The zero-order valence-corrected chi connectivity index (χ0v) is 17.4. The highest BCUT2D eigenvalue weighted by Gasteiger charge is 2.24. The molecule has 1 aliphatic rings. The van der Waals surface area contributed by atoms with Crippen LogP contribution in [0.5, 0.6) is 5.75 Å². The average Bonchev–Trinajstić information content (AvgIpc) is 3.15. The number of hydrogen-bond acceptors (Lipinski definition) is 5. The first kappa shape index (κ1) is 21.6. The van der Waals surface area contributed by atoms with Gasteiger partial charge in [-0.1, -0.05) is 18.7 Å². The van der Waals surface area contributed by atoms with Crippen LogP contribution in [-0.2, 0) is 0 Å². The average molecular weight is 413 g/mol. The number of aliphatic hydroxyl groups is 1. The zero-order valence-electron chi connectivity index (χ0n) is 17.4. The van der Waals surface area contributed by atoms with E-state index in [4.69, 9.17) is 4.74 Å². The van der Waals surface area contributed by atoms with Gasteiger partial charge in [0.2, 0.25) is 0 Å². The van der Waals surface area contributed by atoms with Crippen LogP contribution in [-0.4, -0.2) is 49.3 Å². The van der Waals surface area contributed by atoms with Crippen molar-refractivity contribution in [1.82, 2.24) is 9.78 Å². The fourth-order valence-corrected chi connectivity index (χ4v) is 3.56. The maximum absolute atomic E-state index is 12.5. The van der Waals surface area contributed by atoms with Gasteiger partial charge in [-0.15, -0.1) is 0 Å². The first-order valence-electron chi connectivity index (χ1n) is 10.2. The van der Waals surface area contributed by atoms with Crippen molar-refractivity contribution in [3.8, 4) is 5.75 Å². The number of fused-ring (bicyclic) bond motifs is 1. The number of nitrogens with one attached hydrogen (secondary N) is 1. The number of allylic oxidation sites excluding steroid dienone is 3. The number of urea groups is 1. The van der Waals surface area contributed by atoms with Crippen LogP contribution >= 0.6 is 0 Å². The summed E-state index contributed by atoms with van der Waals surface area (Å²) in [7, 11) is 0. The molecule has 8 heteroatoms. The van der Waals surface area contributed by atoms with Gasteiger partial charge < -0.3 is 15.1 Å². The summed E-state index contributed by atoms with van der Waals surface area (Å²) in [5.41, 5.74) is 1.56. The molecule has 0 atom stereocenters. The van der Waals surface area contributed by atoms with E-state index >= 15 is 0 Å². The number of anilines is 1. The number of amides is 2. The summed E-state index contributed by atoms with van der Waals surface area (Å²) in [6.45, 7) is 7.46. The van der Waals surface area contributed by atoms with Crippen LogP contribution < -0.4 is 10.1 Å². The molecule has 8 nitrogen and oxygen atoms in total. The summed E-state index contributed by atoms with van der Waals surface area (Å²) < 4.78 is 8.17. The number of nitrogens with zero attached hydrogens (tertiary/aromatic N) is 3. The van der Waals surface area contributed by atoms with E-state index in [9.17, 15) is 15.1 Å². The predicted octanol–water partition coefficient (Wildman–Crippen LogP) is 4.05. The number of hydroxylamine groups is 1. The maximum atomic E-state index is 12.5. The summed E-state index contributed by atoms with van der Waals surface area (Å²) in [4.78, 5) is 12.5. The molecule has 160 valence electrons. The van der Waals surface area contributed by atoms with Crippen molar-refractivity contribution in [1.29, 1.82) is 0 Å². The van der Waals surface area contributed by atoms with Crippen LogP contribution in [0.3, 0.4) is 0 Å². The van der Waals surface area contributed by atoms with Gasteiger partial charge in [-0.2, -0.15) is 15.2 Å². The second kappa shape index (κ2) is 9.58. The van der Waals surface area contributed by atoms with E-state index in [1.54, 1.807) is 37.3 Å². The van der Waals surface area contributed by atoms with Crippen molar-refractivity contribution < 1.29 is 24.6 Å². The molecule has 3 N–H and O–H groups in total. The molecule has 1 aromatic carbocycles. The highest BCUT2D eigenvalue weighted by Crippen LogP contribution is 2.33. The minimum Gasteiger partial charge on any atom is -0.489 e. The lowest BCUT2D eigenvalue weighted by atomic mass is 9.93. The van der Waals surface area contributed by atoms with Crippen molar-refractivity contribution in [2.24, 2.45) is 0 Å². The molecule has 1 saturated carbocycles. The largest absolute Gasteiger partial charge is 0.535 e. The third kappa shape index (κ3) is 4.88. The fraction of sp³-hybridized carbons (Fsp3) is 0.409. The van der Waals surface area contributed by atoms with E-state index in [0.717, 1.165) is 36.6 Å². The van der Waals surface area contributed by atoms with E-state index in [1.807, 2.05) is 17.8 Å². The molecule has 0 spiro atoms. The van der Waals surface area contributed by atoms with Gasteiger partial charge in [-0.3, -0.25) is 4.68 Å². The monoisotopic (exact) mass is 413 g/mol. The normalized spacial score (nSPS) is 20.2. The van der Waals surface area contributed by atoms with Crippen molar-refractivity contribution in [2.45, 2.75) is 51.7 Å². The van der Waals surface area contributed by atoms with E-state index < -0.39 is 6.03 Å². The second-order valence-corrected chi connectivity index (χ2v) is 7.39. The number of aliphatic hydroxyl groups excluding tert-OH is 1. The Balaban J connectivity index is 1.89. The number of benzene rings is 1. The Bertz CT molecular complexity index is 984. The molecular weight excluding hydrogens is 384 g/mol. The van der Waals surface area contributed by atoms with Crippen molar-refractivity contribution >= 4 is 28.3 Å². The predicted molar refractivity (Wildman–Crippen MR) is 115 cm³/mol. The van der Waals surface area contributed by atoms with Crippen LogP contribution in [0.1, 0.15) is 45.6 Å². The molecule has 1 fully saturated rings. The highest BCUT2D eigenvalue weighted by atomic mass is 16.5. The van der Waals surface area contributed by atoms with E-state index in [-0.39, 0.29) is 12.1 Å². The Morgan fingerprint density at radius 3 is 2.80 bits per heavy atom. The van der Waals surface area contributed by atoms with Crippen molar-refractivity contribution in [3.63, 3.8) is 0 Å². The Kier molecular flexibility index (Phi) is 6.89. The number of ether oxygens (including phenoxy) is 1. The summed E-state index contributed by atoms with van der Waals surface area (Å²) in [6, 6.07) is 3.13. The van der Waals surface area contributed by atoms with Gasteiger partial charge in [0.05, 0.1) is 24.3 Å². The van der Waals surface area contributed by atoms with Gasteiger partial charge in [0, 0.05) is 24.6 Å². The first-order chi connectivity index (χ1) is 14.4. The minimum absolute atomic E-state index is 0.222. The number of rotatable bonds is 6. The summed E-state index contributed by atoms with van der Waals surface area (Å²) in [6.07, 6.45) is 9.79. The zero-order chi connectivity index (χ0) is 21.7. The summed E-state index contributed by atoms with van der Waals surface area (Å²) in [5.74, 6) is 0.482. The molecule has 0 unspecified atom stereocenters. The Morgan fingerprint density at radius 2 is 2.13 bits per heavy atom. The van der Waals surface area contributed by atoms with E-state index in [2.05, 4.69) is 17.0 Å². The summed E-state index contributed by atoms with van der Waals surface area (Å²) in [5, 5.41) is 28.1. The van der Waals surface area contributed by atoms with Crippen LogP contribution in [0.2, 0.25) is 0 Å². The van der Waals surface area contributed by atoms with Gasteiger partial charge >= 0.3 is 6.03 Å². The number of carbonyl (C=O) groups is 1. The second-order valence-electron chi connectivity index (χ2n) is 7.39. The molecule has 2 amide bonds. The van der Waals surface area contributed by atoms with Crippen LogP contribution in [0, 0.1) is 0 Å². The maximum Gasteiger partial charge on any atom is 0.535 e. The molecule has 2 aromatic rings. The van der Waals surface area contributed by atoms with E-state index in [0.29, 0.717) is 28.5 Å². The number of aromatic nitrogens is 2. The number of hydrogen-bond donors (Lipinski definition) is 3. The molecule has 1 aliphatic carbocycles. The summed E-state index contributed by atoms with van der Waals surface area (Å²) >= 11 is 0. The lowest BCUT2D eigenvalue weighted by Gasteiger charge is -2.25. The Hall–Kier alpha value is -3.13. The molecule has 0 radical (unpaired) electrons. The Labute approximate surface area is 175 Å². The quantitative estimate of drug-likeness (QED) is 0.166. The topological polar surface area (TPSA) is 99.6 Å². The lowest BCUT2D eigenvalue weighted by Crippen LogP contribution is -2.27.